The summed E-state index contributed by atoms with van der Waals surface area (Å²) in [5.74, 6) is 0. The van der Waals surface area contributed by atoms with E-state index in [0.29, 0.717) is 13.2 Å². The van der Waals surface area contributed by atoms with Gasteiger partial charge in [0.2, 0.25) is 0 Å². The molecule has 2 bridgehead atoms. The number of fused-ring (bicyclic) bond motifs is 2. The lowest BCUT2D eigenvalue weighted by Gasteiger charge is -2.44. The summed E-state index contributed by atoms with van der Waals surface area (Å²) in [5.41, 5.74) is 4.65. The molecule has 1 fully saturated rings. The lowest BCUT2D eigenvalue weighted by molar-refractivity contribution is -0.0510. The quantitative estimate of drug-likeness (QED) is 0.779. The van der Waals surface area contributed by atoms with E-state index >= 15 is 0 Å². The molecule has 3 rings (SSSR count). The van der Waals surface area contributed by atoms with Gasteiger partial charge in [-0.3, -0.25) is 4.90 Å². The second kappa shape index (κ2) is 6.25. The number of amides is 1. The fourth-order valence-corrected chi connectivity index (χ4v) is 3.48. The van der Waals surface area contributed by atoms with Gasteiger partial charge in [-0.1, -0.05) is 29.8 Å². The molecular weight excluding hydrogens is 302 g/mol. The van der Waals surface area contributed by atoms with Gasteiger partial charge in [-0.05, 0) is 57.7 Å². The molecule has 1 saturated heterocycles. The van der Waals surface area contributed by atoms with Crippen LogP contribution < -0.4 is 0 Å². The molecule has 2 unspecified atom stereocenters. The molecule has 2 heterocycles. The largest absolute Gasteiger partial charge is 0.444 e. The predicted molar refractivity (Wildman–Crippen MR) is 95.0 cm³/mol. The van der Waals surface area contributed by atoms with Crippen LogP contribution in [0.3, 0.4) is 0 Å². The van der Waals surface area contributed by atoms with Crippen molar-refractivity contribution in [1.29, 1.82) is 0 Å². The summed E-state index contributed by atoms with van der Waals surface area (Å²) < 4.78 is 11.3. The van der Waals surface area contributed by atoms with Crippen molar-refractivity contribution in [3.8, 4) is 0 Å². The van der Waals surface area contributed by atoms with Crippen molar-refractivity contribution in [2.75, 3.05) is 13.2 Å². The molecule has 0 radical (unpaired) electrons. The highest BCUT2D eigenvalue weighted by Crippen LogP contribution is 2.35. The van der Waals surface area contributed by atoms with Gasteiger partial charge in [-0.2, -0.15) is 0 Å². The Morgan fingerprint density at radius 2 is 2.00 bits per heavy atom. The standard InChI is InChI=1S/C20H27NO3/c1-13-6-7-14(2)18(8-13)15-9-16-11-23-12-17(10-15)21(16)19(22)24-20(3,4)5/h6-9,16-17H,10-12H2,1-5H3. The third-order valence-electron chi connectivity index (χ3n) is 4.54. The van der Waals surface area contributed by atoms with Crippen molar-refractivity contribution < 1.29 is 14.3 Å². The van der Waals surface area contributed by atoms with E-state index in [0.717, 1.165) is 6.42 Å². The Morgan fingerprint density at radius 3 is 2.67 bits per heavy atom. The van der Waals surface area contributed by atoms with Gasteiger partial charge in [0.15, 0.2) is 0 Å². The third-order valence-corrected chi connectivity index (χ3v) is 4.54. The van der Waals surface area contributed by atoms with Crippen molar-refractivity contribution in [3.05, 3.63) is 41.0 Å². The van der Waals surface area contributed by atoms with Crippen molar-refractivity contribution in [2.24, 2.45) is 0 Å². The molecule has 4 heteroatoms. The molecule has 130 valence electrons. The smallest absolute Gasteiger partial charge is 0.411 e. The number of carbonyl (C=O) groups is 1. The Kier molecular flexibility index (Phi) is 4.43. The lowest BCUT2D eigenvalue weighted by atomic mass is 9.87. The highest BCUT2D eigenvalue weighted by molar-refractivity contribution is 5.76. The van der Waals surface area contributed by atoms with Crippen molar-refractivity contribution in [1.82, 2.24) is 4.90 Å². The molecule has 24 heavy (non-hydrogen) atoms. The number of ether oxygens (including phenoxy) is 2. The summed E-state index contributed by atoms with van der Waals surface area (Å²) >= 11 is 0. The maximum atomic E-state index is 12.6. The molecular formula is C20H27NO3. The molecule has 2 atom stereocenters. The number of benzene rings is 1. The maximum Gasteiger partial charge on any atom is 0.411 e. The second-order valence-electron chi connectivity index (χ2n) is 7.86. The fourth-order valence-electron chi connectivity index (χ4n) is 3.48. The summed E-state index contributed by atoms with van der Waals surface area (Å²) in [7, 11) is 0. The predicted octanol–water partition coefficient (Wildman–Crippen LogP) is 4.10. The maximum absolute atomic E-state index is 12.6. The zero-order valence-corrected chi connectivity index (χ0v) is 15.3. The van der Waals surface area contributed by atoms with Crippen molar-refractivity contribution in [2.45, 2.75) is 58.7 Å². The minimum Gasteiger partial charge on any atom is -0.444 e. The van der Waals surface area contributed by atoms with E-state index in [1.807, 2.05) is 25.7 Å². The van der Waals surface area contributed by atoms with Gasteiger partial charge in [-0.15, -0.1) is 0 Å². The number of nitrogens with zero attached hydrogens (tertiary/aromatic N) is 1. The second-order valence-corrected chi connectivity index (χ2v) is 7.86. The van der Waals surface area contributed by atoms with Crippen molar-refractivity contribution >= 4 is 11.7 Å². The van der Waals surface area contributed by atoms with Crippen LogP contribution in [-0.2, 0) is 9.47 Å². The van der Waals surface area contributed by atoms with E-state index in [4.69, 9.17) is 9.47 Å². The summed E-state index contributed by atoms with van der Waals surface area (Å²) in [5, 5.41) is 0. The summed E-state index contributed by atoms with van der Waals surface area (Å²) in [6, 6.07) is 6.53. The molecule has 1 amide bonds. The highest BCUT2D eigenvalue weighted by atomic mass is 16.6. The van der Waals surface area contributed by atoms with Crippen LogP contribution in [0.1, 0.15) is 43.9 Å². The van der Waals surface area contributed by atoms with Gasteiger partial charge in [-0.25, -0.2) is 4.79 Å². The van der Waals surface area contributed by atoms with Gasteiger partial charge in [0, 0.05) is 0 Å². The van der Waals surface area contributed by atoms with Crippen LogP contribution in [0, 0.1) is 13.8 Å². The van der Waals surface area contributed by atoms with Crippen LogP contribution in [-0.4, -0.2) is 41.9 Å². The van der Waals surface area contributed by atoms with Crippen molar-refractivity contribution in [3.63, 3.8) is 0 Å². The third kappa shape index (κ3) is 3.48. The Balaban J connectivity index is 1.90. The first-order valence-electron chi connectivity index (χ1n) is 8.62. The topological polar surface area (TPSA) is 38.8 Å². The zero-order chi connectivity index (χ0) is 17.5. The van der Waals surface area contributed by atoms with Gasteiger partial charge in [0.1, 0.15) is 5.60 Å². The molecule has 0 aromatic heterocycles. The van der Waals surface area contributed by atoms with E-state index in [-0.39, 0.29) is 18.2 Å². The first-order chi connectivity index (χ1) is 11.2. The van der Waals surface area contributed by atoms with Gasteiger partial charge >= 0.3 is 6.09 Å². The molecule has 0 N–H and O–H groups in total. The van der Waals surface area contributed by atoms with E-state index in [9.17, 15) is 4.79 Å². The monoisotopic (exact) mass is 329 g/mol. The average molecular weight is 329 g/mol. The van der Waals surface area contributed by atoms with E-state index in [1.54, 1.807) is 0 Å². The highest BCUT2D eigenvalue weighted by Gasteiger charge is 2.40. The van der Waals surface area contributed by atoms with Crippen LogP contribution >= 0.6 is 0 Å². The molecule has 0 aliphatic carbocycles. The molecule has 2 aliphatic heterocycles. The number of hydrogen-bond acceptors (Lipinski definition) is 3. The van der Waals surface area contributed by atoms with Crippen LogP contribution in [0.15, 0.2) is 24.3 Å². The first kappa shape index (κ1) is 17.0. The minimum absolute atomic E-state index is 0.0403. The summed E-state index contributed by atoms with van der Waals surface area (Å²) in [6.45, 7) is 11.1. The Labute approximate surface area is 144 Å². The van der Waals surface area contributed by atoms with Crippen LogP contribution in [0.5, 0.6) is 0 Å². The molecule has 1 aromatic rings. The minimum atomic E-state index is -0.483. The normalized spacial score (nSPS) is 23.7. The Bertz CT molecular complexity index is 672. The number of aryl methyl sites for hydroxylation is 2. The van der Waals surface area contributed by atoms with Crippen LogP contribution in [0.2, 0.25) is 0 Å². The summed E-state index contributed by atoms with van der Waals surface area (Å²) in [6.07, 6.45) is 2.75. The number of morpholine rings is 1. The lowest BCUT2D eigenvalue weighted by Crippen LogP contribution is -2.57. The number of hydrogen-bond donors (Lipinski definition) is 0. The Hall–Kier alpha value is -1.81. The molecule has 0 spiro atoms. The van der Waals surface area contributed by atoms with Gasteiger partial charge in [0.25, 0.3) is 0 Å². The number of carbonyl (C=O) groups excluding carboxylic acids is 1. The van der Waals surface area contributed by atoms with Gasteiger partial charge in [0.05, 0.1) is 25.3 Å². The van der Waals surface area contributed by atoms with E-state index < -0.39 is 5.60 Å². The van der Waals surface area contributed by atoms with Crippen LogP contribution in [0.25, 0.3) is 5.57 Å². The fraction of sp³-hybridized carbons (Fsp3) is 0.550. The molecule has 0 saturated carbocycles. The summed E-state index contributed by atoms with van der Waals surface area (Å²) in [4.78, 5) is 14.5. The molecule has 4 nitrogen and oxygen atoms in total. The first-order valence-corrected chi connectivity index (χ1v) is 8.62. The zero-order valence-electron chi connectivity index (χ0n) is 15.3. The van der Waals surface area contributed by atoms with Crippen LogP contribution in [0.4, 0.5) is 4.79 Å². The SMILES string of the molecule is Cc1ccc(C)c(C2=CC3COCC(C2)N3C(=O)OC(C)(C)C)c1. The van der Waals surface area contributed by atoms with E-state index in [1.165, 1.54) is 22.3 Å². The molecule has 2 aliphatic rings. The van der Waals surface area contributed by atoms with E-state index in [2.05, 4.69) is 38.1 Å². The number of rotatable bonds is 1. The average Bonchev–Trinajstić information content (AvgIpc) is 2.46. The Morgan fingerprint density at radius 1 is 1.25 bits per heavy atom. The molecule has 1 aromatic carbocycles. The van der Waals surface area contributed by atoms with Gasteiger partial charge < -0.3 is 9.47 Å².